The molecule has 1 heterocycles. The van der Waals surface area contributed by atoms with Crippen LogP contribution in [0.2, 0.25) is 5.02 Å². The molecule has 33 heavy (non-hydrogen) atoms. The standard InChI is InChI=1S/C27H36ClN3O2/c1-21-6-5-7-22(18-21)20-33-26(23-10-12-24(28)13-11-23)19-30-14-16-31(17-15-30)27(32)29-25-8-3-2-4-9-25/h5-7,10-13,18,25-26H,2-4,8-9,14-17,19-20H2,1H3,(H,29,32)/t26-/m0/s1. The van der Waals surface area contributed by atoms with Crippen LogP contribution in [0.25, 0.3) is 0 Å². The molecule has 1 atom stereocenters. The van der Waals surface area contributed by atoms with Crippen LogP contribution in [-0.2, 0) is 11.3 Å². The van der Waals surface area contributed by atoms with Crippen LogP contribution >= 0.6 is 11.6 Å². The summed E-state index contributed by atoms with van der Waals surface area (Å²) in [7, 11) is 0. The van der Waals surface area contributed by atoms with Crippen LogP contribution < -0.4 is 5.32 Å². The number of carbonyl (C=O) groups excluding carboxylic acids is 1. The molecule has 6 heteroatoms. The second kappa shape index (κ2) is 11.9. The van der Waals surface area contributed by atoms with Crippen molar-refractivity contribution < 1.29 is 9.53 Å². The van der Waals surface area contributed by atoms with E-state index < -0.39 is 0 Å². The molecule has 4 rings (SSSR count). The quantitative estimate of drug-likeness (QED) is 0.576. The van der Waals surface area contributed by atoms with Gasteiger partial charge in [-0.2, -0.15) is 0 Å². The minimum Gasteiger partial charge on any atom is -0.368 e. The van der Waals surface area contributed by atoms with Crippen LogP contribution in [0.15, 0.2) is 48.5 Å². The molecular formula is C27H36ClN3O2. The topological polar surface area (TPSA) is 44.8 Å². The van der Waals surface area contributed by atoms with Crippen molar-refractivity contribution in [2.24, 2.45) is 0 Å². The van der Waals surface area contributed by atoms with E-state index >= 15 is 0 Å². The summed E-state index contributed by atoms with van der Waals surface area (Å²) in [5.74, 6) is 0. The van der Waals surface area contributed by atoms with Gasteiger partial charge in [-0.25, -0.2) is 4.79 Å². The fourth-order valence-corrected chi connectivity index (χ4v) is 4.94. The molecule has 2 fully saturated rings. The predicted molar refractivity (Wildman–Crippen MR) is 134 cm³/mol. The summed E-state index contributed by atoms with van der Waals surface area (Å²) in [6.45, 7) is 6.69. The molecule has 0 unspecified atom stereocenters. The van der Waals surface area contributed by atoms with Gasteiger partial charge in [-0.15, -0.1) is 0 Å². The van der Waals surface area contributed by atoms with E-state index in [1.54, 1.807) is 0 Å². The Morgan fingerprint density at radius 1 is 1.06 bits per heavy atom. The molecule has 5 nitrogen and oxygen atoms in total. The Labute approximate surface area is 203 Å². The van der Waals surface area contributed by atoms with E-state index in [9.17, 15) is 4.79 Å². The number of piperazine rings is 1. The molecular weight excluding hydrogens is 434 g/mol. The van der Waals surface area contributed by atoms with Crippen molar-refractivity contribution in [2.45, 2.75) is 57.8 Å². The highest BCUT2D eigenvalue weighted by Crippen LogP contribution is 2.24. The second-order valence-electron chi connectivity index (χ2n) is 9.41. The van der Waals surface area contributed by atoms with Crippen LogP contribution in [0, 0.1) is 6.92 Å². The van der Waals surface area contributed by atoms with Crippen molar-refractivity contribution in [3.8, 4) is 0 Å². The van der Waals surface area contributed by atoms with Crippen LogP contribution in [0.3, 0.4) is 0 Å². The second-order valence-corrected chi connectivity index (χ2v) is 9.85. The lowest BCUT2D eigenvalue weighted by atomic mass is 9.96. The van der Waals surface area contributed by atoms with E-state index in [0.717, 1.165) is 56.2 Å². The number of nitrogens with zero attached hydrogens (tertiary/aromatic N) is 2. The van der Waals surface area contributed by atoms with Crippen molar-refractivity contribution in [2.75, 3.05) is 32.7 Å². The highest BCUT2D eigenvalue weighted by molar-refractivity contribution is 6.30. The first kappa shape index (κ1) is 24.1. The van der Waals surface area contributed by atoms with Crippen molar-refractivity contribution in [3.63, 3.8) is 0 Å². The van der Waals surface area contributed by atoms with E-state index in [4.69, 9.17) is 16.3 Å². The smallest absolute Gasteiger partial charge is 0.317 e. The van der Waals surface area contributed by atoms with Crippen LogP contribution in [0.5, 0.6) is 0 Å². The zero-order valence-electron chi connectivity index (χ0n) is 19.6. The summed E-state index contributed by atoms with van der Waals surface area (Å²) in [6, 6.07) is 16.9. The van der Waals surface area contributed by atoms with E-state index in [-0.39, 0.29) is 12.1 Å². The number of benzene rings is 2. The Morgan fingerprint density at radius 3 is 2.48 bits per heavy atom. The van der Waals surface area contributed by atoms with Gasteiger partial charge >= 0.3 is 6.03 Å². The predicted octanol–water partition coefficient (Wildman–Crippen LogP) is 5.57. The summed E-state index contributed by atoms with van der Waals surface area (Å²) in [5, 5.41) is 3.98. The third kappa shape index (κ3) is 7.20. The van der Waals surface area contributed by atoms with Gasteiger partial charge in [0.05, 0.1) is 12.7 Å². The van der Waals surface area contributed by atoms with Crippen LogP contribution in [0.4, 0.5) is 4.79 Å². The van der Waals surface area contributed by atoms with Gasteiger partial charge in [0.15, 0.2) is 0 Å². The molecule has 0 bridgehead atoms. The molecule has 178 valence electrons. The number of amides is 2. The van der Waals surface area contributed by atoms with E-state index in [1.165, 1.54) is 30.4 Å². The number of ether oxygens (including phenoxy) is 1. The minimum atomic E-state index is -0.0506. The van der Waals surface area contributed by atoms with Crippen molar-refractivity contribution >= 4 is 17.6 Å². The lowest BCUT2D eigenvalue weighted by molar-refractivity contribution is 0.00545. The van der Waals surface area contributed by atoms with Crippen LogP contribution in [-0.4, -0.2) is 54.6 Å². The maximum atomic E-state index is 12.7. The molecule has 1 aliphatic carbocycles. The summed E-state index contributed by atoms with van der Waals surface area (Å²) >= 11 is 6.12. The first-order valence-corrected chi connectivity index (χ1v) is 12.6. The molecule has 2 aromatic rings. The van der Waals surface area contributed by atoms with Crippen molar-refractivity contribution in [1.82, 2.24) is 15.1 Å². The molecule has 1 saturated carbocycles. The number of carbonyl (C=O) groups is 1. The van der Waals surface area contributed by atoms with Gasteiger partial charge in [0.2, 0.25) is 0 Å². The minimum absolute atomic E-state index is 0.0506. The van der Waals surface area contributed by atoms with Gasteiger partial charge < -0.3 is 15.0 Å². The normalized spacial score (nSPS) is 18.8. The molecule has 2 aliphatic rings. The largest absolute Gasteiger partial charge is 0.368 e. The molecule has 0 aromatic heterocycles. The van der Waals surface area contributed by atoms with Gasteiger partial charge in [-0.05, 0) is 43.0 Å². The number of hydrogen-bond acceptors (Lipinski definition) is 3. The molecule has 0 radical (unpaired) electrons. The van der Waals surface area contributed by atoms with Gasteiger partial charge in [0.1, 0.15) is 0 Å². The highest BCUT2D eigenvalue weighted by atomic mass is 35.5. The Balaban J connectivity index is 1.32. The number of nitrogens with one attached hydrogen (secondary N) is 1. The Hall–Kier alpha value is -2.08. The fraction of sp³-hybridized carbons (Fsp3) is 0.519. The molecule has 1 N–H and O–H groups in total. The summed E-state index contributed by atoms with van der Waals surface area (Å²) in [5.41, 5.74) is 3.55. The van der Waals surface area contributed by atoms with E-state index in [1.807, 2.05) is 17.0 Å². The van der Waals surface area contributed by atoms with Gasteiger partial charge in [0.25, 0.3) is 0 Å². The number of urea groups is 1. The first-order chi connectivity index (χ1) is 16.1. The highest BCUT2D eigenvalue weighted by Gasteiger charge is 2.26. The Bertz CT molecular complexity index is 890. The average Bonchev–Trinajstić information content (AvgIpc) is 2.83. The summed E-state index contributed by atoms with van der Waals surface area (Å²) in [6.07, 6.45) is 5.94. The van der Waals surface area contributed by atoms with Gasteiger partial charge in [-0.1, -0.05) is 72.8 Å². The van der Waals surface area contributed by atoms with E-state index in [2.05, 4.69) is 53.5 Å². The van der Waals surface area contributed by atoms with Crippen molar-refractivity contribution in [1.29, 1.82) is 0 Å². The molecule has 2 amide bonds. The average molecular weight is 470 g/mol. The zero-order valence-corrected chi connectivity index (χ0v) is 20.4. The number of aryl methyl sites for hydroxylation is 1. The monoisotopic (exact) mass is 469 g/mol. The van der Waals surface area contributed by atoms with Gasteiger partial charge in [0, 0.05) is 43.8 Å². The summed E-state index contributed by atoms with van der Waals surface area (Å²) in [4.78, 5) is 17.1. The fourth-order valence-electron chi connectivity index (χ4n) is 4.81. The Morgan fingerprint density at radius 2 is 1.79 bits per heavy atom. The Kier molecular flexibility index (Phi) is 8.65. The SMILES string of the molecule is Cc1cccc(CO[C@@H](CN2CCN(C(=O)NC3CCCCC3)CC2)c2ccc(Cl)cc2)c1. The molecule has 1 aliphatic heterocycles. The van der Waals surface area contributed by atoms with Gasteiger partial charge in [-0.3, -0.25) is 4.90 Å². The number of rotatable bonds is 7. The number of hydrogen-bond donors (Lipinski definition) is 1. The summed E-state index contributed by atoms with van der Waals surface area (Å²) < 4.78 is 6.41. The van der Waals surface area contributed by atoms with Crippen LogP contribution in [0.1, 0.15) is 54.9 Å². The lowest BCUT2D eigenvalue weighted by Crippen LogP contribution is -2.54. The molecule has 2 aromatic carbocycles. The molecule has 0 spiro atoms. The molecule has 1 saturated heterocycles. The van der Waals surface area contributed by atoms with E-state index in [0.29, 0.717) is 12.6 Å². The maximum absolute atomic E-state index is 12.7. The zero-order chi connectivity index (χ0) is 23.0. The maximum Gasteiger partial charge on any atom is 0.317 e. The lowest BCUT2D eigenvalue weighted by Gasteiger charge is -2.37. The third-order valence-corrected chi connectivity index (χ3v) is 7.04. The number of halogens is 1. The first-order valence-electron chi connectivity index (χ1n) is 12.3. The third-order valence-electron chi connectivity index (χ3n) is 6.79. The van der Waals surface area contributed by atoms with Crippen molar-refractivity contribution in [3.05, 3.63) is 70.2 Å².